The zero-order chi connectivity index (χ0) is 24.5. The fraction of sp³-hybridized carbons (Fsp3) is 0.269. The molecule has 0 radical (unpaired) electrons. The Morgan fingerprint density at radius 3 is 2.66 bits per heavy atom. The van der Waals surface area contributed by atoms with Gasteiger partial charge in [0.25, 0.3) is 0 Å². The first-order valence-corrected chi connectivity index (χ1v) is 12.2. The van der Waals surface area contributed by atoms with Crippen LogP contribution in [0.1, 0.15) is 18.5 Å². The van der Waals surface area contributed by atoms with Gasteiger partial charge in [-0.25, -0.2) is 0 Å². The third-order valence-electron chi connectivity index (χ3n) is 5.31. The number of aromatic nitrogens is 3. The molecule has 0 aliphatic rings. The normalized spacial score (nSPS) is 11.8. The molecule has 182 valence electrons. The molecule has 1 atom stereocenters. The molecule has 2 aromatic heterocycles. The summed E-state index contributed by atoms with van der Waals surface area (Å²) < 4.78 is 18.7. The second-order valence-corrected chi connectivity index (χ2v) is 9.06. The predicted octanol–water partition coefficient (Wildman–Crippen LogP) is 4.56. The number of carbonyl (C=O) groups is 1. The summed E-state index contributed by atoms with van der Waals surface area (Å²) >= 11 is 1.34. The molecule has 2 aromatic carbocycles. The van der Waals surface area contributed by atoms with Crippen molar-refractivity contribution in [2.45, 2.75) is 37.0 Å². The summed E-state index contributed by atoms with van der Waals surface area (Å²) in [5.41, 5.74) is 2.09. The minimum absolute atomic E-state index is 0.109. The lowest BCUT2D eigenvalue weighted by molar-refractivity contribution is -0.120. The van der Waals surface area contributed by atoms with E-state index in [1.54, 1.807) is 19.4 Å². The SMILES string of the molecule is COCCn1c(COc2ccccc2-c2ccccc2)nnc1SC(C)C(=O)NCc1ccco1. The zero-order valence-corrected chi connectivity index (χ0v) is 20.5. The van der Waals surface area contributed by atoms with E-state index in [0.717, 1.165) is 16.9 Å². The van der Waals surface area contributed by atoms with E-state index in [-0.39, 0.29) is 17.8 Å². The van der Waals surface area contributed by atoms with Crippen molar-refractivity contribution in [1.29, 1.82) is 0 Å². The van der Waals surface area contributed by atoms with E-state index in [2.05, 4.69) is 27.6 Å². The molecule has 4 aromatic rings. The maximum absolute atomic E-state index is 12.6. The highest BCUT2D eigenvalue weighted by Crippen LogP contribution is 2.30. The summed E-state index contributed by atoms with van der Waals surface area (Å²) in [6.07, 6.45) is 1.58. The molecule has 0 saturated heterocycles. The van der Waals surface area contributed by atoms with Crippen LogP contribution in [0.4, 0.5) is 0 Å². The van der Waals surface area contributed by atoms with Crippen LogP contribution in [0.15, 0.2) is 82.6 Å². The van der Waals surface area contributed by atoms with Crippen molar-refractivity contribution in [3.8, 4) is 16.9 Å². The highest BCUT2D eigenvalue weighted by atomic mass is 32.2. The molecule has 1 amide bonds. The Hall–Kier alpha value is -3.56. The fourth-order valence-electron chi connectivity index (χ4n) is 3.45. The highest BCUT2D eigenvalue weighted by Gasteiger charge is 2.21. The molecule has 0 saturated carbocycles. The highest BCUT2D eigenvalue weighted by molar-refractivity contribution is 8.00. The number of ether oxygens (including phenoxy) is 2. The van der Waals surface area contributed by atoms with Gasteiger partial charge in [0.2, 0.25) is 5.91 Å². The molecule has 1 N–H and O–H groups in total. The fourth-order valence-corrected chi connectivity index (χ4v) is 4.37. The Labute approximate surface area is 208 Å². The molecule has 4 rings (SSSR count). The predicted molar refractivity (Wildman–Crippen MR) is 134 cm³/mol. The zero-order valence-electron chi connectivity index (χ0n) is 19.7. The summed E-state index contributed by atoms with van der Waals surface area (Å²) in [5, 5.41) is 11.8. The van der Waals surface area contributed by atoms with Gasteiger partial charge in [0.05, 0.1) is 24.7 Å². The van der Waals surface area contributed by atoms with E-state index >= 15 is 0 Å². The Balaban J connectivity index is 1.45. The van der Waals surface area contributed by atoms with E-state index in [0.29, 0.717) is 36.4 Å². The molecular formula is C26H28N4O4S. The Morgan fingerprint density at radius 1 is 1.09 bits per heavy atom. The van der Waals surface area contributed by atoms with Gasteiger partial charge >= 0.3 is 0 Å². The first-order chi connectivity index (χ1) is 17.2. The smallest absolute Gasteiger partial charge is 0.233 e. The quantitative estimate of drug-likeness (QED) is 0.290. The van der Waals surface area contributed by atoms with Gasteiger partial charge in [0, 0.05) is 19.2 Å². The lowest BCUT2D eigenvalue weighted by Crippen LogP contribution is -2.30. The van der Waals surface area contributed by atoms with Gasteiger partial charge in [-0.3, -0.25) is 4.79 Å². The maximum atomic E-state index is 12.6. The summed E-state index contributed by atoms with van der Waals surface area (Å²) in [6.45, 7) is 3.45. The molecule has 9 heteroatoms. The van der Waals surface area contributed by atoms with Gasteiger partial charge < -0.3 is 23.8 Å². The van der Waals surface area contributed by atoms with Gasteiger partial charge in [0.15, 0.2) is 11.0 Å². The number of nitrogens with zero attached hydrogens (tertiary/aromatic N) is 3. The average Bonchev–Trinajstić information content (AvgIpc) is 3.55. The van der Waals surface area contributed by atoms with E-state index < -0.39 is 0 Å². The summed E-state index contributed by atoms with van der Waals surface area (Å²) in [6, 6.07) is 21.6. The van der Waals surface area contributed by atoms with Gasteiger partial charge in [-0.2, -0.15) is 0 Å². The number of furan rings is 1. The number of para-hydroxylation sites is 1. The third kappa shape index (κ3) is 6.52. The molecule has 0 spiro atoms. The molecule has 2 heterocycles. The molecule has 0 aliphatic heterocycles. The van der Waals surface area contributed by atoms with E-state index in [1.807, 2.05) is 60.0 Å². The lowest BCUT2D eigenvalue weighted by atomic mass is 10.1. The van der Waals surface area contributed by atoms with Crippen LogP contribution in [-0.2, 0) is 29.2 Å². The maximum Gasteiger partial charge on any atom is 0.233 e. The molecule has 0 bridgehead atoms. The van der Waals surface area contributed by atoms with Crippen LogP contribution >= 0.6 is 11.8 Å². The molecule has 1 unspecified atom stereocenters. The minimum Gasteiger partial charge on any atom is -0.485 e. The van der Waals surface area contributed by atoms with Crippen LogP contribution in [0.5, 0.6) is 5.75 Å². The van der Waals surface area contributed by atoms with Crippen molar-refractivity contribution < 1.29 is 18.7 Å². The van der Waals surface area contributed by atoms with Crippen molar-refractivity contribution in [2.24, 2.45) is 0 Å². The second-order valence-electron chi connectivity index (χ2n) is 7.75. The Bertz CT molecular complexity index is 1210. The van der Waals surface area contributed by atoms with Crippen molar-refractivity contribution >= 4 is 17.7 Å². The van der Waals surface area contributed by atoms with Gasteiger partial charge in [-0.15, -0.1) is 10.2 Å². The first kappa shape index (κ1) is 24.6. The van der Waals surface area contributed by atoms with Gasteiger partial charge in [-0.05, 0) is 30.7 Å². The minimum atomic E-state index is -0.372. The van der Waals surface area contributed by atoms with E-state index in [4.69, 9.17) is 13.9 Å². The van der Waals surface area contributed by atoms with Crippen LogP contribution in [-0.4, -0.2) is 39.6 Å². The van der Waals surface area contributed by atoms with Crippen LogP contribution in [0.3, 0.4) is 0 Å². The largest absolute Gasteiger partial charge is 0.485 e. The standard InChI is InChI=1S/C26H28N4O4S/c1-19(25(31)27-17-21-11-8-15-33-21)35-26-29-28-24(30(26)14-16-32-2)18-34-23-13-7-6-12-22(23)20-9-4-3-5-10-20/h3-13,15,19H,14,16-18H2,1-2H3,(H,27,31). The van der Waals surface area contributed by atoms with Crippen LogP contribution in [0.25, 0.3) is 11.1 Å². The van der Waals surface area contributed by atoms with Crippen LogP contribution in [0, 0.1) is 0 Å². The number of hydrogen-bond donors (Lipinski definition) is 1. The molecule has 8 nitrogen and oxygen atoms in total. The average molecular weight is 493 g/mol. The summed E-state index contributed by atoms with van der Waals surface area (Å²) in [7, 11) is 1.65. The Kier molecular flexibility index (Phi) is 8.58. The van der Waals surface area contributed by atoms with Gasteiger partial charge in [0.1, 0.15) is 18.1 Å². The van der Waals surface area contributed by atoms with Crippen molar-refractivity contribution in [3.63, 3.8) is 0 Å². The van der Waals surface area contributed by atoms with Gasteiger partial charge in [-0.1, -0.05) is 60.3 Å². The second kappa shape index (κ2) is 12.2. The van der Waals surface area contributed by atoms with E-state index in [1.165, 1.54) is 11.8 Å². The first-order valence-electron chi connectivity index (χ1n) is 11.3. The van der Waals surface area contributed by atoms with Crippen LogP contribution in [0.2, 0.25) is 0 Å². The van der Waals surface area contributed by atoms with Crippen molar-refractivity contribution in [1.82, 2.24) is 20.1 Å². The molecule has 0 fully saturated rings. The summed E-state index contributed by atoms with van der Waals surface area (Å²) in [5.74, 6) is 2.02. The van der Waals surface area contributed by atoms with Crippen molar-refractivity contribution in [2.75, 3.05) is 13.7 Å². The van der Waals surface area contributed by atoms with Crippen LogP contribution < -0.4 is 10.1 Å². The number of carbonyl (C=O) groups excluding carboxylic acids is 1. The number of amides is 1. The monoisotopic (exact) mass is 492 g/mol. The summed E-state index contributed by atoms with van der Waals surface area (Å²) in [4.78, 5) is 12.6. The lowest BCUT2D eigenvalue weighted by Gasteiger charge is -2.14. The van der Waals surface area contributed by atoms with Crippen molar-refractivity contribution in [3.05, 3.63) is 84.6 Å². The Morgan fingerprint density at radius 2 is 1.89 bits per heavy atom. The van der Waals surface area contributed by atoms with E-state index in [9.17, 15) is 4.79 Å². The number of methoxy groups -OCH3 is 1. The number of benzene rings is 2. The topological polar surface area (TPSA) is 91.4 Å². The number of rotatable bonds is 12. The molecule has 35 heavy (non-hydrogen) atoms. The molecular weight excluding hydrogens is 464 g/mol. The number of thioether (sulfide) groups is 1. The molecule has 0 aliphatic carbocycles. The number of nitrogens with one attached hydrogen (secondary N) is 1. The number of hydrogen-bond acceptors (Lipinski definition) is 7. The third-order valence-corrected chi connectivity index (χ3v) is 6.39.